The first-order valence-electron chi connectivity index (χ1n) is 7.37. The van der Waals surface area contributed by atoms with Crippen LogP contribution < -0.4 is 5.43 Å². The molecule has 120 valence electrons. The molecule has 0 atom stereocenters. The molecule has 0 unspecified atom stereocenters. The van der Waals surface area contributed by atoms with Crippen molar-refractivity contribution < 1.29 is 14.3 Å². The Labute approximate surface area is 138 Å². The number of halogens is 1. The molecule has 0 saturated carbocycles. The van der Waals surface area contributed by atoms with E-state index in [0.29, 0.717) is 11.3 Å². The quantitative estimate of drug-likeness (QED) is 0.568. The predicted octanol–water partition coefficient (Wildman–Crippen LogP) is 3.84. The molecule has 24 heavy (non-hydrogen) atoms. The van der Waals surface area contributed by atoms with Gasteiger partial charge in [-0.1, -0.05) is 42.5 Å². The molecule has 3 aromatic carbocycles. The van der Waals surface area contributed by atoms with Crippen molar-refractivity contribution >= 4 is 22.4 Å². The summed E-state index contributed by atoms with van der Waals surface area (Å²) in [5, 5.41) is 15.6. The maximum Gasteiger partial charge on any atom is 0.275 e. The van der Waals surface area contributed by atoms with Gasteiger partial charge in [-0.05, 0) is 35.9 Å². The van der Waals surface area contributed by atoms with Gasteiger partial charge in [0.2, 0.25) is 0 Å². The molecule has 4 nitrogen and oxygen atoms in total. The Morgan fingerprint density at radius 3 is 2.33 bits per heavy atom. The van der Waals surface area contributed by atoms with Crippen molar-refractivity contribution in [3.63, 3.8) is 0 Å². The van der Waals surface area contributed by atoms with Gasteiger partial charge in [-0.2, -0.15) is 5.10 Å². The van der Waals surface area contributed by atoms with Gasteiger partial charge in [0.25, 0.3) is 5.91 Å². The summed E-state index contributed by atoms with van der Waals surface area (Å²) in [4.78, 5) is 12.3. The SMILES string of the molecule is C/C(=N\NC(=O)c1cc2ccccc2cc1O)c1ccccc1F. The van der Waals surface area contributed by atoms with E-state index in [0.717, 1.165) is 10.8 Å². The smallest absolute Gasteiger partial charge is 0.275 e. The molecule has 2 N–H and O–H groups in total. The number of benzene rings is 3. The lowest BCUT2D eigenvalue weighted by atomic mass is 10.1. The van der Waals surface area contributed by atoms with Crippen molar-refractivity contribution in [1.82, 2.24) is 5.43 Å². The summed E-state index contributed by atoms with van der Waals surface area (Å²) in [7, 11) is 0. The first kappa shape index (κ1) is 15.7. The van der Waals surface area contributed by atoms with E-state index in [2.05, 4.69) is 10.5 Å². The number of rotatable bonds is 3. The molecule has 5 heteroatoms. The van der Waals surface area contributed by atoms with Gasteiger partial charge in [0.1, 0.15) is 11.6 Å². The second-order valence-corrected chi connectivity index (χ2v) is 5.33. The zero-order valence-corrected chi connectivity index (χ0v) is 13.0. The molecule has 0 fully saturated rings. The Kier molecular flexibility index (Phi) is 4.24. The lowest BCUT2D eigenvalue weighted by molar-refractivity contribution is 0.0952. The maximum absolute atomic E-state index is 13.7. The lowest BCUT2D eigenvalue weighted by Gasteiger charge is -2.07. The van der Waals surface area contributed by atoms with Crippen molar-refractivity contribution in [2.45, 2.75) is 6.92 Å². The highest BCUT2D eigenvalue weighted by Crippen LogP contribution is 2.24. The van der Waals surface area contributed by atoms with Crippen LogP contribution in [-0.4, -0.2) is 16.7 Å². The highest BCUT2D eigenvalue weighted by molar-refractivity contribution is 6.03. The fourth-order valence-electron chi connectivity index (χ4n) is 2.42. The number of carbonyl (C=O) groups is 1. The number of nitrogens with one attached hydrogen (secondary N) is 1. The van der Waals surface area contributed by atoms with Gasteiger partial charge >= 0.3 is 0 Å². The second-order valence-electron chi connectivity index (χ2n) is 5.33. The minimum atomic E-state index is -0.561. The number of phenols is 1. The standard InChI is InChI=1S/C19H15FN2O2/c1-12(15-8-4-5-9-17(15)20)21-22-19(24)16-10-13-6-2-3-7-14(13)11-18(16)23/h2-11,23H,1H3,(H,22,24)/b21-12+. The first-order chi connectivity index (χ1) is 11.6. The second kappa shape index (κ2) is 6.50. The third-order valence-corrected chi connectivity index (χ3v) is 3.70. The normalized spacial score (nSPS) is 11.5. The Morgan fingerprint density at radius 1 is 1.00 bits per heavy atom. The minimum absolute atomic E-state index is 0.110. The monoisotopic (exact) mass is 322 g/mol. The van der Waals surface area contributed by atoms with Gasteiger partial charge in [-0.3, -0.25) is 4.79 Å². The summed E-state index contributed by atoms with van der Waals surface area (Å²) >= 11 is 0. The third-order valence-electron chi connectivity index (χ3n) is 3.70. The number of carbonyl (C=O) groups excluding carboxylic acids is 1. The summed E-state index contributed by atoms with van der Waals surface area (Å²) in [6.45, 7) is 1.60. The van der Waals surface area contributed by atoms with Crippen molar-refractivity contribution in [1.29, 1.82) is 0 Å². The summed E-state index contributed by atoms with van der Waals surface area (Å²) in [6, 6.07) is 16.7. The summed E-state index contributed by atoms with van der Waals surface area (Å²) in [5.74, 6) is -1.11. The van der Waals surface area contributed by atoms with Gasteiger partial charge in [0.05, 0.1) is 11.3 Å². The molecule has 0 bridgehead atoms. The van der Waals surface area contributed by atoms with E-state index in [1.165, 1.54) is 12.1 Å². The average Bonchev–Trinajstić information content (AvgIpc) is 2.59. The van der Waals surface area contributed by atoms with E-state index in [-0.39, 0.29) is 11.3 Å². The zero-order valence-electron chi connectivity index (χ0n) is 13.0. The van der Waals surface area contributed by atoms with Crippen molar-refractivity contribution in [2.75, 3.05) is 0 Å². The van der Waals surface area contributed by atoms with E-state index in [1.807, 2.05) is 24.3 Å². The molecule has 0 radical (unpaired) electrons. The molecule has 3 aromatic rings. The van der Waals surface area contributed by atoms with E-state index in [9.17, 15) is 14.3 Å². The zero-order chi connectivity index (χ0) is 17.1. The first-order valence-corrected chi connectivity index (χ1v) is 7.37. The number of nitrogens with zero attached hydrogens (tertiary/aromatic N) is 1. The van der Waals surface area contributed by atoms with Crippen LogP contribution in [0.2, 0.25) is 0 Å². The van der Waals surface area contributed by atoms with E-state index >= 15 is 0 Å². The molecular formula is C19H15FN2O2. The van der Waals surface area contributed by atoms with Crippen LogP contribution in [-0.2, 0) is 0 Å². The van der Waals surface area contributed by atoms with E-state index in [1.54, 1.807) is 31.2 Å². The Bertz CT molecular complexity index is 951. The number of hydrogen-bond donors (Lipinski definition) is 2. The molecule has 0 saturated heterocycles. The van der Waals surface area contributed by atoms with Crippen molar-refractivity contribution in [3.05, 3.63) is 77.6 Å². The maximum atomic E-state index is 13.7. The van der Waals surface area contributed by atoms with E-state index in [4.69, 9.17) is 0 Å². The van der Waals surface area contributed by atoms with Crippen LogP contribution >= 0.6 is 0 Å². The molecule has 0 spiro atoms. The summed E-state index contributed by atoms with van der Waals surface area (Å²) in [5.41, 5.74) is 3.10. The molecular weight excluding hydrogens is 307 g/mol. The third kappa shape index (κ3) is 3.10. The largest absolute Gasteiger partial charge is 0.507 e. The molecule has 1 amide bonds. The number of amides is 1. The fourth-order valence-corrected chi connectivity index (χ4v) is 2.42. The highest BCUT2D eigenvalue weighted by Gasteiger charge is 2.12. The molecule has 3 rings (SSSR count). The highest BCUT2D eigenvalue weighted by atomic mass is 19.1. The number of phenolic OH excluding ortho intramolecular Hbond substituents is 1. The van der Waals surface area contributed by atoms with Gasteiger partial charge in [0, 0.05) is 5.56 Å². The van der Waals surface area contributed by atoms with E-state index < -0.39 is 11.7 Å². The molecule has 0 aliphatic rings. The van der Waals surface area contributed by atoms with Crippen LogP contribution in [0.1, 0.15) is 22.8 Å². The van der Waals surface area contributed by atoms with Gasteiger partial charge in [0.15, 0.2) is 0 Å². The van der Waals surface area contributed by atoms with Gasteiger partial charge < -0.3 is 5.11 Å². The molecule has 0 aliphatic carbocycles. The Balaban J connectivity index is 1.86. The van der Waals surface area contributed by atoms with Gasteiger partial charge in [-0.15, -0.1) is 0 Å². The van der Waals surface area contributed by atoms with Crippen LogP contribution in [0, 0.1) is 5.82 Å². The summed E-state index contributed by atoms with van der Waals surface area (Å²) < 4.78 is 13.7. The van der Waals surface area contributed by atoms with Crippen LogP contribution in [0.4, 0.5) is 4.39 Å². The fraction of sp³-hybridized carbons (Fsp3) is 0.0526. The minimum Gasteiger partial charge on any atom is -0.507 e. The Hall–Kier alpha value is -3.21. The topological polar surface area (TPSA) is 61.7 Å². The lowest BCUT2D eigenvalue weighted by Crippen LogP contribution is -2.19. The molecule has 0 aliphatic heterocycles. The number of hydrazone groups is 1. The van der Waals surface area contributed by atoms with Crippen LogP contribution in [0.5, 0.6) is 5.75 Å². The van der Waals surface area contributed by atoms with Crippen LogP contribution in [0.25, 0.3) is 10.8 Å². The number of aromatic hydroxyl groups is 1. The van der Waals surface area contributed by atoms with Crippen molar-refractivity contribution in [3.8, 4) is 5.75 Å². The van der Waals surface area contributed by atoms with Crippen LogP contribution in [0.15, 0.2) is 65.8 Å². The predicted molar refractivity (Wildman–Crippen MR) is 91.7 cm³/mol. The number of hydrogen-bond acceptors (Lipinski definition) is 3. The summed E-state index contributed by atoms with van der Waals surface area (Å²) in [6.07, 6.45) is 0. The average molecular weight is 322 g/mol. The van der Waals surface area contributed by atoms with Gasteiger partial charge in [-0.25, -0.2) is 9.82 Å². The van der Waals surface area contributed by atoms with Crippen molar-refractivity contribution in [2.24, 2.45) is 5.10 Å². The Morgan fingerprint density at radius 2 is 1.62 bits per heavy atom. The molecule has 0 heterocycles. The molecule has 0 aromatic heterocycles. The number of fused-ring (bicyclic) bond motifs is 1. The van der Waals surface area contributed by atoms with Crippen LogP contribution in [0.3, 0.4) is 0 Å².